The molecule has 0 saturated carbocycles. The number of halogens is 1. The Morgan fingerprint density at radius 1 is 1.23 bits per heavy atom. The molecule has 0 unspecified atom stereocenters. The van der Waals surface area contributed by atoms with Crippen LogP contribution in [-0.2, 0) is 24.4 Å². The Hall–Kier alpha value is -1.72. The highest BCUT2D eigenvalue weighted by Crippen LogP contribution is 2.18. The second-order valence-electron chi connectivity index (χ2n) is 5.83. The van der Waals surface area contributed by atoms with Crippen molar-refractivity contribution < 1.29 is 9.13 Å². The van der Waals surface area contributed by atoms with Gasteiger partial charge in [-0.2, -0.15) is 5.10 Å². The quantitative estimate of drug-likeness (QED) is 0.851. The van der Waals surface area contributed by atoms with Crippen molar-refractivity contribution in [2.75, 3.05) is 19.8 Å². The van der Waals surface area contributed by atoms with Crippen LogP contribution in [0.3, 0.4) is 0 Å². The molecule has 0 fully saturated rings. The fraction of sp³-hybridized carbons (Fsp3) is 0.471. The first-order valence-electron chi connectivity index (χ1n) is 7.80. The highest BCUT2D eigenvalue weighted by atomic mass is 19.1. The number of aromatic nitrogens is 2. The maximum absolute atomic E-state index is 13.0. The molecule has 0 bridgehead atoms. The van der Waals surface area contributed by atoms with E-state index in [1.165, 1.54) is 17.8 Å². The molecule has 0 spiro atoms. The fourth-order valence-electron chi connectivity index (χ4n) is 2.98. The number of ether oxygens (including phenoxy) is 1. The molecule has 5 heteroatoms. The van der Waals surface area contributed by atoms with Crippen LogP contribution in [0.5, 0.6) is 0 Å². The van der Waals surface area contributed by atoms with Gasteiger partial charge in [0, 0.05) is 44.9 Å². The zero-order valence-electron chi connectivity index (χ0n) is 12.9. The first-order valence-corrected chi connectivity index (χ1v) is 7.80. The van der Waals surface area contributed by atoms with Crippen molar-refractivity contribution in [1.29, 1.82) is 0 Å². The topological polar surface area (TPSA) is 30.3 Å². The maximum Gasteiger partial charge on any atom is 0.123 e. The largest absolute Gasteiger partial charge is 0.381 e. The Bertz CT molecular complexity index is 596. The van der Waals surface area contributed by atoms with Gasteiger partial charge in [-0.15, -0.1) is 0 Å². The standard InChI is InChI=1S/C17H22FN3O/c1-2-22-13-15-10-20(9-14-3-5-16(18)6-4-14)12-17-7-8-19-21(17)11-15/h3-8,15H,2,9-13H2,1H3/t15-/m0/s1. The minimum Gasteiger partial charge on any atom is -0.381 e. The molecule has 1 atom stereocenters. The van der Waals surface area contributed by atoms with Crippen LogP contribution < -0.4 is 0 Å². The molecule has 0 N–H and O–H groups in total. The van der Waals surface area contributed by atoms with E-state index in [0.29, 0.717) is 5.92 Å². The second kappa shape index (κ2) is 7.03. The van der Waals surface area contributed by atoms with E-state index in [9.17, 15) is 4.39 Å². The van der Waals surface area contributed by atoms with Crippen LogP contribution in [0.2, 0.25) is 0 Å². The first kappa shape index (κ1) is 15.2. The first-order chi connectivity index (χ1) is 10.7. The Labute approximate surface area is 130 Å². The van der Waals surface area contributed by atoms with Gasteiger partial charge < -0.3 is 4.74 Å². The minimum atomic E-state index is -0.188. The zero-order chi connectivity index (χ0) is 15.4. The second-order valence-corrected chi connectivity index (χ2v) is 5.83. The Morgan fingerprint density at radius 2 is 2.05 bits per heavy atom. The van der Waals surface area contributed by atoms with Crippen LogP contribution in [-0.4, -0.2) is 34.4 Å². The molecule has 1 aromatic heterocycles. The number of benzene rings is 1. The van der Waals surface area contributed by atoms with E-state index in [1.807, 2.05) is 25.3 Å². The number of nitrogens with zero attached hydrogens (tertiary/aromatic N) is 3. The molecular weight excluding hydrogens is 281 g/mol. The molecule has 1 aliphatic rings. The summed E-state index contributed by atoms with van der Waals surface area (Å²) in [7, 11) is 0. The molecule has 1 aliphatic heterocycles. The lowest BCUT2D eigenvalue weighted by molar-refractivity contribution is 0.0841. The molecule has 0 aliphatic carbocycles. The normalized spacial score (nSPS) is 18.9. The van der Waals surface area contributed by atoms with Gasteiger partial charge in [0.15, 0.2) is 0 Å². The molecular formula is C17H22FN3O. The summed E-state index contributed by atoms with van der Waals surface area (Å²) in [5.41, 5.74) is 2.35. The summed E-state index contributed by atoms with van der Waals surface area (Å²) in [6, 6.07) is 8.83. The van der Waals surface area contributed by atoms with E-state index in [1.54, 1.807) is 0 Å². The van der Waals surface area contributed by atoms with Gasteiger partial charge in [-0.3, -0.25) is 9.58 Å². The lowest BCUT2D eigenvalue weighted by atomic mass is 10.1. The zero-order valence-corrected chi connectivity index (χ0v) is 12.9. The van der Waals surface area contributed by atoms with E-state index in [4.69, 9.17) is 4.74 Å². The number of rotatable bonds is 5. The van der Waals surface area contributed by atoms with Crippen molar-refractivity contribution in [1.82, 2.24) is 14.7 Å². The van der Waals surface area contributed by atoms with Gasteiger partial charge in [-0.05, 0) is 30.7 Å². The van der Waals surface area contributed by atoms with Crippen molar-refractivity contribution in [2.24, 2.45) is 5.92 Å². The molecule has 2 aromatic rings. The third-order valence-electron chi connectivity index (χ3n) is 4.01. The van der Waals surface area contributed by atoms with Crippen molar-refractivity contribution in [2.45, 2.75) is 26.6 Å². The van der Waals surface area contributed by atoms with Gasteiger partial charge in [0.2, 0.25) is 0 Å². The third-order valence-corrected chi connectivity index (χ3v) is 4.01. The molecule has 0 saturated heterocycles. The lowest BCUT2D eigenvalue weighted by Crippen LogP contribution is -2.30. The van der Waals surface area contributed by atoms with Gasteiger partial charge in [0.1, 0.15) is 5.82 Å². The maximum atomic E-state index is 13.0. The molecule has 0 amide bonds. The Balaban J connectivity index is 1.73. The molecule has 1 aromatic carbocycles. The molecule has 4 nitrogen and oxygen atoms in total. The monoisotopic (exact) mass is 303 g/mol. The summed E-state index contributed by atoms with van der Waals surface area (Å²) in [6.45, 7) is 7.03. The average molecular weight is 303 g/mol. The molecule has 22 heavy (non-hydrogen) atoms. The van der Waals surface area contributed by atoms with Crippen molar-refractivity contribution in [3.63, 3.8) is 0 Å². The van der Waals surface area contributed by atoms with Gasteiger partial charge >= 0.3 is 0 Å². The summed E-state index contributed by atoms with van der Waals surface area (Å²) >= 11 is 0. The molecule has 2 heterocycles. The highest BCUT2D eigenvalue weighted by molar-refractivity contribution is 5.16. The number of fused-ring (bicyclic) bond motifs is 1. The molecule has 3 rings (SSSR count). The highest BCUT2D eigenvalue weighted by Gasteiger charge is 2.22. The smallest absolute Gasteiger partial charge is 0.123 e. The molecule has 118 valence electrons. The van der Waals surface area contributed by atoms with Gasteiger partial charge in [0.25, 0.3) is 0 Å². The van der Waals surface area contributed by atoms with Gasteiger partial charge in [-0.1, -0.05) is 12.1 Å². The Kier molecular flexibility index (Phi) is 4.85. The number of hydrogen-bond acceptors (Lipinski definition) is 3. The third kappa shape index (κ3) is 3.72. The van der Waals surface area contributed by atoms with Crippen LogP contribution in [0.1, 0.15) is 18.2 Å². The van der Waals surface area contributed by atoms with Crippen LogP contribution in [0, 0.1) is 11.7 Å². The number of hydrogen-bond donors (Lipinski definition) is 0. The SMILES string of the molecule is CCOC[C@H]1CN(Cc2ccc(F)cc2)Cc2ccnn2C1. The van der Waals surface area contributed by atoms with Crippen LogP contribution >= 0.6 is 0 Å². The van der Waals surface area contributed by atoms with Crippen LogP contribution in [0.25, 0.3) is 0 Å². The predicted molar refractivity (Wildman–Crippen MR) is 82.7 cm³/mol. The summed E-state index contributed by atoms with van der Waals surface area (Å²) in [6.07, 6.45) is 1.86. The van der Waals surface area contributed by atoms with Crippen molar-refractivity contribution in [3.05, 3.63) is 53.6 Å². The predicted octanol–water partition coefficient (Wildman–Crippen LogP) is 2.69. The summed E-state index contributed by atoms with van der Waals surface area (Å²) in [5, 5.41) is 4.41. The van der Waals surface area contributed by atoms with Crippen molar-refractivity contribution in [3.8, 4) is 0 Å². The van der Waals surface area contributed by atoms with Crippen molar-refractivity contribution >= 4 is 0 Å². The average Bonchev–Trinajstić information content (AvgIpc) is 2.87. The van der Waals surface area contributed by atoms with E-state index in [-0.39, 0.29) is 5.82 Å². The van der Waals surface area contributed by atoms with E-state index < -0.39 is 0 Å². The van der Waals surface area contributed by atoms with Gasteiger partial charge in [0.05, 0.1) is 12.3 Å². The minimum absolute atomic E-state index is 0.188. The summed E-state index contributed by atoms with van der Waals surface area (Å²) < 4.78 is 20.7. The fourth-order valence-corrected chi connectivity index (χ4v) is 2.98. The molecule has 0 radical (unpaired) electrons. The van der Waals surface area contributed by atoms with Crippen LogP contribution in [0.15, 0.2) is 36.5 Å². The van der Waals surface area contributed by atoms with E-state index in [2.05, 4.69) is 20.7 Å². The summed E-state index contributed by atoms with van der Waals surface area (Å²) in [5.74, 6) is 0.230. The van der Waals surface area contributed by atoms with E-state index in [0.717, 1.165) is 45.0 Å². The Morgan fingerprint density at radius 3 is 2.82 bits per heavy atom. The van der Waals surface area contributed by atoms with E-state index >= 15 is 0 Å². The van der Waals surface area contributed by atoms with Crippen LogP contribution in [0.4, 0.5) is 4.39 Å². The summed E-state index contributed by atoms with van der Waals surface area (Å²) in [4.78, 5) is 2.39. The lowest BCUT2D eigenvalue weighted by Gasteiger charge is -2.23. The van der Waals surface area contributed by atoms with Gasteiger partial charge in [-0.25, -0.2) is 4.39 Å².